The van der Waals surface area contributed by atoms with Crippen LogP contribution in [0.3, 0.4) is 0 Å². The van der Waals surface area contributed by atoms with E-state index >= 15 is 0 Å². The number of imidazole rings is 1. The molecule has 0 aliphatic carbocycles. The zero-order valence-electron chi connectivity index (χ0n) is 11.3. The minimum absolute atomic E-state index is 0.197. The van der Waals surface area contributed by atoms with Gasteiger partial charge in [0.1, 0.15) is 5.82 Å². The lowest BCUT2D eigenvalue weighted by molar-refractivity contribution is 0.301. The highest BCUT2D eigenvalue weighted by atomic mass is 19.1. The summed E-state index contributed by atoms with van der Waals surface area (Å²) in [4.78, 5) is 4.18. The number of hydrogen-bond donors (Lipinski definition) is 1. The summed E-state index contributed by atoms with van der Waals surface area (Å²) >= 11 is 0. The molecule has 2 N–H and O–H groups in total. The number of aromatic nitrogens is 2. The van der Waals surface area contributed by atoms with Crippen LogP contribution in [-0.4, -0.2) is 22.7 Å². The van der Waals surface area contributed by atoms with E-state index in [1.54, 1.807) is 18.3 Å². The molecule has 0 amide bonds. The zero-order chi connectivity index (χ0) is 14.4. The molecule has 0 radical (unpaired) electrons. The average Bonchev–Trinajstić information content (AvgIpc) is 2.85. The fourth-order valence-corrected chi connectivity index (χ4v) is 1.73. The van der Waals surface area contributed by atoms with E-state index in [2.05, 4.69) is 16.8 Å². The molecule has 104 valence electrons. The van der Waals surface area contributed by atoms with Gasteiger partial charge in [0.15, 0.2) is 11.6 Å². The molecule has 0 spiro atoms. The summed E-state index contributed by atoms with van der Waals surface area (Å²) in [6.45, 7) is 0.627. The van der Waals surface area contributed by atoms with E-state index in [4.69, 9.17) is 10.5 Å². The first-order chi connectivity index (χ1) is 9.70. The maximum atomic E-state index is 13.6. The zero-order valence-corrected chi connectivity index (χ0v) is 11.3. The number of benzene rings is 1. The lowest BCUT2D eigenvalue weighted by atomic mass is 10.2. The smallest absolute Gasteiger partial charge is 0.165 e. The summed E-state index contributed by atoms with van der Waals surface area (Å²) in [6.07, 6.45) is 4.19. The second-order valence-corrected chi connectivity index (χ2v) is 4.20. The van der Waals surface area contributed by atoms with Crippen molar-refractivity contribution in [2.75, 3.05) is 13.2 Å². The number of aryl methyl sites for hydroxylation is 1. The topological polar surface area (TPSA) is 53.1 Å². The minimum Gasteiger partial charge on any atom is -0.490 e. The van der Waals surface area contributed by atoms with Crippen LogP contribution in [0.4, 0.5) is 4.39 Å². The van der Waals surface area contributed by atoms with Gasteiger partial charge < -0.3 is 15.0 Å². The van der Waals surface area contributed by atoms with E-state index in [1.807, 2.05) is 17.8 Å². The van der Waals surface area contributed by atoms with E-state index in [9.17, 15) is 4.39 Å². The molecule has 1 aromatic carbocycles. The molecule has 1 heterocycles. The van der Waals surface area contributed by atoms with Gasteiger partial charge in [-0.1, -0.05) is 11.8 Å². The maximum absolute atomic E-state index is 13.6. The van der Waals surface area contributed by atoms with Gasteiger partial charge in [0, 0.05) is 31.4 Å². The SMILES string of the molecule is Cn1ccnc1CCOc1cc(C#CCN)ccc1F. The van der Waals surface area contributed by atoms with Gasteiger partial charge in [0.25, 0.3) is 0 Å². The van der Waals surface area contributed by atoms with Crippen molar-refractivity contribution < 1.29 is 9.13 Å². The van der Waals surface area contributed by atoms with Gasteiger partial charge in [-0.25, -0.2) is 9.37 Å². The van der Waals surface area contributed by atoms with Crippen LogP contribution < -0.4 is 10.5 Å². The Kier molecular flexibility index (Phi) is 4.75. The van der Waals surface area contributed by atoms with Gasteiger partial charge in [-0.05, 0) is 18.2 Å². The molecule has 20 heavy (non-hydrogen) atoms. The highest BCUT2D eigenvalue weighted by Crippen LogP contribution is 2.18. The lowest BCUT2D eigenvalue weighted by Gasteiger charge is -2.07. The molecule has 0 saturated heterocycles. The summed E-state index contributed by atoms with van der Waals surface area (Å²) in [5, 5.41) is 0. The quantitative estimate of drug-likeness (QED) is 0.859. The second kappa shape index (κ2) is 6.73. The van der Waals surface area contributed by atoms with Crippen molar-refractivity contribution in [1.29, 1.82) is 0 Å². The van der Waals surface area contributed by atoms with Crippen LogP contribution in [0.2, 0.25) is 0 Å². The Bertz CT molecular complexity index is 640. The van der Waals surface area contributed by atoms with Crippen molar-refractivity contribution in [2.45, 2.75) is 6.42 Å². The number of halogens is 1. The van der Waals surface area contributed by atoms with Gasteiger partial charge in [0.05, 0.1) is 13.2 Å². The molecule has 0 aliphatic rings. The lowest BCUT2D eigenvalue weighted by Crippen LogP contribution is -2.07. The van der Waals surface area contributed by atoms with Crippen LogP contribution in [0.5, 0.6) is 5.75 Å². The first-order valence-electron chi connectivity index (χ1n) is 6.28. The fraction of sp³-hybridized carbons (Fsp3) is 0.267. The van der Waals surface area contributed by atoms with E-state index < -0.39 is 5.82 Å². The number of nitrogens with zero attached hydrogens (tertiary/aromatic N) is 2. The van der Waals surface area contributed by atoms with E-state index in [0.717, 1.165) is 5.82 Å². The summed E-state index contributed by atoms with van der Waals surface area (Å²) in [5.41, 5.74) is 5.99. The van der Waals surface area contributed by atoms with Crippen LogP contribution >= 0.6 is 0 Å². The number of hydrogen-bond acceptors (Lipinski definition) is 3. The number of ether oxygens (including phenoxy) is 1. The standard InChI is InChI=1S/C15H16FN3O/c1-19-9-8-18-15(19)6-10-20-14-11-12(3-2-7-17)4-5-13(14)16/h4-5,8-9,11H,6-7,10,17H2,1H3. The Morgan fingerprint density at radius 1 is 1.45 bits per heavy atom. The molecule has 0 fully saturated rings. The molecule has 2 aromatic rings. The van der Waals surface area contributed by atoms with Crippen molar-refractivity contribution in [3.05, 3.63) is 47.8 Å². The molecule has 0 aliphatic heterocycles. The predicted octanol–water partition coefficient (Wildman–Crippen LogP) is 1.49. The third-order valence-electron chi connectivity index (χ3n) is 2.77. The molecular formula is C15H16FN3O. The summed E-state index contributed by atoms with van der Waals surface area (Å²) in [6, 6.07) is 4.52. The van der Waals surface area contributed by atoms with Gasteiger partial charge in [-0.15, -0.1) is 0 Å². The van der Waals surface area contributed by atoms with Crippen LogP contribution in [0.25, 0.3) is 0 Å². The Labute approximate surface area is 117 Å². The third-order valence-corrected chi connectivity index (χ3v) is 2.77. The first-order valence-corrected chi connectivity index (χ1v) is 6.28. The number of nitrogens with two attached hydrogens (primary N) is 1. The minimum atomic E-state index is -0.400. The molecule has 4 nitrogen and oxygen atoms in total. The average molecular weight is 273 g/mol. The highest BCUT2D eigenvalue weighted by Gasteiger charge is 2.05. The Morgan fingerprint density at radius 3 is 3.00 bits per heavy atom. The van der Waals surface area contributed by atoms with Gasteiger partial charge in [-0.2, -0.15) is 0 Å². The van der Waals surface area contributed by atoms with Gasteiger partial charge >= 0.3 is 0 Å². The van der Waals surface area contributed by atoms with Gasteiger partial charge in [-0.3, -0.25) is 0 Å². The van der Waals surface area contributed by atoms with Crippen molar-refractivity contribution in [3.63, 3.8) is 0 Å². The second-order valence-electron chi connectivity index (χ2n) is 4.20. The largest absolute Gasteiger partial charge is 0.490 e. The first kappa shape index (κ1) is 14.1. The molecule has 0 saturated carbocycles. The van der Waals surface area contributed by atoms with Crippen LogP contribution in [0, 0.1) is 17.7 Å². The molecule has 0 bridgehead atoms. The summed E-state index contributed by atoms with van der Waals surface area (Å²) < 4.78 is 21.0. The third kappa shape index (κ3) is 3.59. The molecule has 0 atom stereocenters. The summed E-state index contributed by atoms with van der Waals surface area (Å²) in [7, 11) is 1.91. The van der Waals surface area contributed by atoms with Crippen molar-refractivity contribution in [2.24, 2.45) is 12.8 Å². The molecular weight excluding hydrogens is 257 g/mol. The van der Waals surface area contributed by atoms with Crippen molar-refractivity contribution in [3.8, 4) is 17.6 Å². The van der Waals surface area contributed by atoms with Crippen molar-refractivity contribution >= 4 is 0 Å². The fourth-order valence-electron chi connectivity index (χ4n) is 1.73. The monoisotopic (exact) mass is 273 g/mol. The van der Waals surface area contributed by atoms with Crippen LogP contribution in [-0.2, 0) is 13.5 Å². The Morgan fingerprint density at radius 2 is 2.30 bits per heavy atom. The van der Waals surface area contributed by atoms with Gasteiger partial charge in [0.2, 0.25) is 0 Å². The molecule has 2 rings (SSSR count). The highest BCUT2D eigenvalue weighted by molar-refractivity contribution is 5.40. The molecule has 0 unspecified atom stereocenters. The van der Waals surface area contributed by atoms with Crippen LogP contribution in [0.15, 0.2) is 30.6 Å². The van der Waals surface area contributed by atoms with Crippen molar-refractivity contribution in [1.82, 2.24) is 9.55 Å². The molecule has 1 aromatic heterocycles. The van der Waals surface area contributed by atoms with E-state index in [0.29, 0.717) is 18.6 Å². The van der Waals surface area contributed by atoms with Crippen LogP contribution in [0.1, 0.15) is 11.4 Å². The predicted molar refractivity (Wildman–Crippen MR) is 74.7 cm³/mol. The Hall–Kier alpha value is -2.32. The normalized spacial score (nSPS) is 9.95. The number of rotatable bonds is 4. The summed E-state index contributed by atoms with van der Waals surface area (Å²) in [5.74, 6) is 6.26. The maximum Gasteiger partial charge on any atom is 0.165 e. The van der Waals surface area contributed by atoms with E-state index in [-0.39, 0.29) is 12.3 Å². The van der Waals surface area contributed by atoms with E-state index in [1.165, 1.54) is 6.07 Å². The molecule has 5 heteroatoms. The Balaban J connectivity index is 2.00.